The highest BCUT2D eigenvalue weighted by atomic mass is 16.5. The van der Waals surface area contributed by atoms with Crippen molar-refractivity contribution in [2.24, 2.45) is 5.73 Å². The molecule has 0 radical (unpaired) electrons. The van der Waals surface area contributed by atoms with Crippen LogP contribution in [0, 0.1) is 6.92 Å². The Labute approximate surface area is 113 Å². The zero-order chi connectivity index (χ0) is 14.4. The molecule has 1 unspecified atom stereocenters. The zero-order valence-electron chi connectivity index (χ0n) is 11.5. The molecular formula is C14H20N2O3. The number of nitrogens with one attached hydrogen (secondary N) is 1. The summed E-state index contributed by atoms with van der Waals surface area (Å²) in [4.78, 5) is 23.3. The summed E-state index contributed by atoms with van der Waals surface area (Å²) >= 11 is 0. The summed E-state index contributed by atoms with van der Waals surface area (Å²) in [5.74, 6) is -0.571. The van der Waals surface area contributed by atoms with E-state index in [1.807, 2.05) is 6.92 Å². The third-order valence-electron chi connectivity index (χ3n) is 2.99. The summed E-state index contributed by atoms with van der Waals surface area (Å²) in [6.07, 6.45) is 1.01. The predicted octanol–water partition coefficient (Wildman–Crippen LogP) is 1.85. The SMILES string of the molecule is CCC(N)CC(=O)Nc1cccc(C(=O)OC)c1C. The summed E-state index contributed by atoms with van der Waals surface area (Å²) in [6, 6.07) is 4.96. The second kappa shape index (κ2) is 6.89. The topological polar surface area (TPSA) is 81.4 Å². The molecule has 1 aromatic carbocycles. The van der Waals surface area contributed by atoms with Crippen molar-refractivity contribution in [3.8, 4) is 0 Å². The van der Waals surface area contributed by atoms with Crippen LogP contribution in [0.15, 0.2) is 18.2 Å². The van der Waals surface area contributed by atoms with E-state index in [9.17, 15) is 9.59 Å². The van der Waals surface area contributed by atoms with Gasteiger partial charge in [-0.25, -0.2) is 4.79 Å². The van der Waals surface area contributed by atoms with Crippen LogP contribution in [0.1, 0.15) is 35.7 Å². The van der Waals surface area contributed by atoms with Gasteiger partial charge in [-0.15, -0.1) is 0 Å². The van der Waals surface area contributed by atoms with Crippen LogP contribution in [0.3, 0.4) is 0 Å². The highest BCUT2D eigenvalue weighted by Gasteiger charge is 2.14. The van der Waals surface area contributed by atoms with E-state index < -0.39 is 5.97 Å². The van der Waals surface area contributed by atoms with Crippen molar-refractivity contribution in [3.05, 3.63) is 29.3 Å². The minimum absolute atomic E-state index is 0.149. The standard InChI is InChI=1S/C14H20N2O3/c1-4-10(15)8-13(17)16-12-7-5-6-11(9(12)2)14(18)19-3/h5-7,10H,4,8,15H2,1-3H3,(H,16,17). The molecule has 0 spiro atoms. The monoisotopic (exact) mass is 264 g/mol. The minimum Gasteiger partial charge on any atom is -0.465 e. The molecule has 1 aromatic rings. The first-order valence-electron chi connectivity index (χ1n) is 6.23. The van der Waals surface area contributed by atoms with Gasteiger partial charge in [-0.2, -0.15) is 0 Å². The smallest absolute Gasteiger partial charge is 0.338 e. The Kier molecular flexibility index (Phi) is 5.51. The molecule has 104 valence electrons. The Balaban J connectivity index is 2.85. The lowest BCUT2D eigenvalue weighted by Gasteiger charge is -2.13. The first kappa shape index (κ1) is 15.2. The van der Waals surface area contributed by atoms with Crippen molar-refractivity contribution in [1.29, 1.82) is 0 Å². The average Bonchev–Trinajstić information content (AvgIpc) is 2.40. The van der Waals surface area contributed by atoms with Crippen LogP contribution in [-0.2, 0) is 9.53 Å². The van der Waals surface area contributed by atoms with Crippen LogP contribution in [0.25, 0.3) is 0 Å². The third-order valence-corrected chi connectivity index (χ3v) is 2.99. The first-order valence-corrected chi connectivity index (χ1v) is 6.23. The van der Waals surface area contributed by atoms with E-state index >= 15 is 0 Å². The maximum absolute atomic E-state index is 11.8. The number of nitrogens with two attached hydrogens (primary N) is 1. The number of benzene rings is 1. The van der Waals surface area contributed by atoms with Gasteiger partial charge in [0, 0.05) is 18.2 Å². The number of hydrogen-bond donors (Lipinski definition) is 2. The van der Waals surface area contributed by atoms with E-state index in [2.05, 4.69) is 10.1 Å². The van der Waals surface area contributed by atoms with Crippen LogP contribution < -0.4 is 11.1 Å². The molecule has 0 fully saturated rings. The van der Waals surface area contributed by atoms with Crippen molar-refractivity contribution in [2.45, 2.75) is 32.7 Å². The fraction of sp³-hybridized carbons (Fsp3) is 0.429. The molecule has 0 aliphatic heterocycles. The predicted molar refractivity (Wildman–Crippen MR) is 74.0 cm³/mol. The number of hydrogen-bond acceptors (Lipinski definition) is 4. The quantitative estimate of drug-likeness (QED) is 0.795. The van der Waals surface area contributed by atoms with E-state index in [4.69, 9.17) is 5.73 Å². The van der Waals surface area contributed by atoms with Gasteiger partial charge in [-0.1, -0.05) is 13.0 Å². The van der Waals surface area contributed by atoms with Gasteiger partial charge in [0.2, 0.25) is 5.91 Å². The first-order chi connectivity index (χ1) is 8.99. The number of carbonyl (C=O) groups excluding carboxylic acids is 2. The van der Waals surface area contributed by atoms with Crippen molar-refractivity contribution in [1.82, 2.24) is 0 Å². The molecule has 0 saturated heterocycles. The number of amides is 1. The van der Waals surface area contributed by atoms with Gasteiger partial charge in [0.15, 0.2) is 0 Å². The number of rotatable bonds is 5. The second-order valence-corrected chi connectivity index (χ2v) is 4.39. The van der Waals surface area contributed by atoms with Gasteiger partial charge in [0.1, 0.15) is 0 Å². The molecule has 0 saturated carbocycles. The molecule has 0 aromatic heterocycles. The van der Waals surface area contributed by atoms with Crippen LogP contribution >= 0.6 is 0 Å². The molecule has 0 aliphatic rings. The molecule has 5 heteroatoms. The lowest BCUT2D eigenvalue weighted by Crippen LogP contribution is -2.26. The molecule has 1 amide bonds. The fourth-order valence-electron chi connectivity index (χ4n) is 1.69. The molecule has 0 heterocycles. The number of ether oxygens (including phenoxy) is 1. The summed E-state index contributed by atoms with van der Waals surface area (Å²) < 4.78 is 4.69. The normalized spacial score (nSPS) is 11.8. The Morgan fingerprint density at radius 3 is 2.68 bits per heavy atom. The number of esters is 1. The minimum atomic E-state index is -0.418. The van der Waals surface area contributed by atoms with Crippen LogP contribution in [0.5, 0.6) is 0 Å². The van der Waals surface area contributed by atoms with Crippen LogP contribution in [0.4, 0.5) is 5.69 Å². The average molecular weight is 264 g/mol. The molecule has 1 rings (SSSR count). The van der Waals surface area contributed by atoms with Crippen molar-refractivity contribution >= 4 is 17.6 Å². The maximum atomic E-state index is 11.8. The van der Waals surface area contributed by atoms with Gasteiger partial charge in [0.25, 0.3) is 0 Å². The molecular weight excluding hydrogens is 244 g/mol. The van der Waals surface area contributed by atoms with E-state index in [0.29, 0.717) is 16.8 Å². The highest BCUT2D eigenvalue weighted by molar-refractivity contribution is 5.96. The summed E-state index contributed by atoms with van der Waals surface area (Å²) in [6.45, 7) is 3.70. The van der Waals surface area contributed by atoms with Crippen molar-refractivity contribution in [2.75, 3.05) is 12.4 Å². The van der Waals surface area contributed by atoms with Crippen LogP contribution in [-0.4, -0.2) is 25.0 Å². The summed E-state index contributed by atoms with van der Waals surface area (Å²) in [5, 5.41) is 2.77. The van der Waals surface area contributed by atoms with Gasteiger partial charge in [-0.05, 0) is 31.0 Å². The molecule has 0 aliphatic carbocycles. The summed E-state index contributed by atoms with van der Waals surface area (Å²) in [7, 11) is 1.33. The summed E-state index contributed by atoms with van der Waals surface area (Å²) in [5.41, 5.74) is 7.47. The largest absolute Gasteiger partial charge is 0.465 e. The van der Waals surface area contributed by atoms with Gasteiger partial charge in [-0.3, -0.25) is 4.79 Å². The molecule has 3 N–H and O–H groups in total. The lowest BCUT2D eigenvalue weighted by molar-refractivity contribution is -0.116. The van der Waals surface area contributed by atoms with E-state index in [1.165, 1.54) is 7.11 Å². The number of methoxy groups -OCH3 is 1. The molecule has 5 nitrogen and oxygen atoms in total. The van der Waals surface area contributed by atoms with Crippen LogP contribution in [0.2, 0.25) is 0 Å². The number of carbonyl (C=O) groups is 2. The maximum Gasteiger partial charge on any atom is 0.338 e. The van der Waals surface area contributed by atoms with Gasteiger partial charge in [0.05, 0.1) is 12.7 Å². The molecule has 19 heavy (non-hydrogen) atoms. The Morgan fingerprint density at radius 1 is 1.42 bits per heavy atom. The number of anilines is 1. The van der Waals surface area contributed by atoms with E-state index in [0.717, 1.165) is 6.42 Å². The van der Waals surface area contributed by atoms with Crippen molar-refractivity contribution < 1.29 is 14.3 Å². The Hall–Kier alpha value is -1.88. The molecule has 1 atom stereocenters. The van der Waals surface area contributed by atoms with E-state index in [1.54, 1.807) is 25.1 Å². The second-order valence-electron chi connectivity index (χ2n) is 4.39. The van der Waals surface area contributed by atoms with Crippen molar-refractivity contribution in [3.63, 3.8) is 0 Å². The lowest BCUT2D eigenvalue weighted by atomic mass is 10.1. The Bertz CT molecular complexity index is 472. The van der Waals surface area contributed by atoms with Gasteiger partial charge < -0.3 is 15.8 Å². The third kappa shape index (κ3) is 4.06. The Morgan fingerprint density at radius 2 is 2.11 bits per heavy atom. The van der Waals surface area contributed by atoms with Gasteiger partial charge >= 0.3 is 5.97 Å². The van der Waals surface area contributed by atoms with E-state index in [-0.39, 0.29) is 18.4 Å². The zero-order valence-corrected chi connectivity index (χ0v) is 11.5. The fourth-order valence-corrected chi connectivity index (χ4v) is 1.69. The highest BCUT2D eigenvalue weighted by Crippen LogP contribution is 2.20. The molecule has 0 bridgehead atoms.